The summed E-state index contributed by atoms with van der Waals surface area (Å²) in [4.78, 5) is 28.1. The van der Waals surface area contributed by atoms with Crippen LogP contribution in [0.1, 0.15) is 31.4 Å². The van der Waals surface area contributed by atoms with Crippen molar-refractivity contribution in [2.75, 3.05) is 11.9 Å². The van der Waals surface area contributed by atoms with Gasteiger partial charge in [-0.15, -0.1) is 0 Å². The third kappa shape index (κ3) is 5.70. The molecule has 0 unspecified atom stereocenters. The maximum absolute atomic E-state index is 11.1. The number of carboxylic acids is 1. The molecule has 17 heavy (non-hydrogen) atoms. The molecule has 0 bridgehead atoms. The number of aryl methyl sites for hydroxylation is 1. The summed E-state index contributed by atoms with van der Waals surface area (Å²) < 4.78 is 0. The zero-order chi connectivity index (χ0) is 12.7. The number of nitrogens with one attached hydrogen (secondary N) is 2. The molecule has 0 aliphatic rings. The number of aromatic amines is 1. The molecular formula is C11H17N3O3. The Labute approximate surface area is 99.1 Å². The highest BCUT2D eigenvalue weighted by Crippen LogP contribution is 2.01. The number of carbonyl (C=O) groups is 1. The molecule has 0 saturated carbocycles. The Bertz CT molecular complexity index is 428. The van der Waals surface area contributed by atoms with Crippen LogP contribution in [0.15, 0.2) is 10.9 Å². The molecule has 0 aliphatic heterocycles. The molecule has 0 spiro atoms. The van der Waals surface area contributed by atoms with E-state index in [2.05, 4.69) is 15.3 Å². The molecule has 0 atom stereocenters. The van der Waals surface area contributed by atoms with Crippen molar-refractivity contribution in [3.8, 4) is 0 Å². The second kappa shape index (κ2) is 6.67. The Hall–Kier alpha value is -1.85. The largest absolute Gasteiger partial charge is 0.481 e. The number of hydrogen-bond acceptors (Lipinski definition) is 4. The van der Waals surface area contributed by atoms with Gasteiger partial charge in [0.05, 0.1) is 0 Å². The molecule has 0 radical (unpaired) electrons. The average Bonchev–Trinajstić information content (AvgIpc) is 2.21. The molecule has 1 heterocycles. The van der Waals surface area contributed by atoms with Crippen LogP contribution in [0.4, 0.5) is 5.95 Å². The fourth-order valence-corrected chi connectivity index (χ4v) is 1.45. The number of aliphatic carboxylic acids is 1. The van der Waals surface area contributed by atoms with Gasteiger partial charge in [0.25, 0.3) is 5.56 Å². The number of rotatable bonds is 7. The summed E-state index contributed by atoms with van der Waals surface area (Å²) in [6.07, 6.45) is 2.58. The van der Waals surface area contributed by atoms with Gasteiger partial charge >= 0.3 is 5.97 Å². The zero-order valence-corrected chi connectivity index (χ0v) is 9.82. The number of anilines is 1. The highest BCUT2D eigenvalue weighted by molar-refractivity contribution is 5.66. The van der Waals surface area contributed by atoms with Crippen LogP contribution in [-0.4, -0.2) is 27.6 Å². The molecule has 1 rings (SSSR count). The quantitative estimate of drug-likeness (QED) is 0.620. The molecular weight excluding hydrogens is 222 g/mol. The fourth-order valence-electron chi connectivity index (χ4n) is 1.45. The smallest absolute Gasteiger partial charge is 0.303 e. The number of aromatic nitrogens is 2. The maximum atomic E-state index is 11.1. The number of carboxylic acid groups (broad SMARTS) is 1. The Morgan fingerprint density at radius 3 is 2.88 bits per heavy atom. The normalized spacial score (nSPS) is 10.2. The van der Waals surface area contributed by atoms with Gasteiger partial charge in [-0.25, -0.2) is 4.98 Å². The van der Waals surface area contributed by atoms with Crippen LogP contribution in [0, 0.1) is 6.92 Å². The SMILES string of the molecule is Cc1cc(=O)[nH]c(NCCCCCC(=O)O)n1. The van der Waals surface area contributed by atoms with Crippen LogP contribution in [0.2, 0.25) is 0 Å². The summed E-state index contributed by atoms with van der Waals surface area (Å²) in [7, 11) is 0. The van der Waals surface area contributed by atoms with E-state index in [-0.39, 0.29) is 12.0 Å². The molecule has 0 amide bonds. The number of unbranched alkanes of at least 4 members (excludes halogenated alkanes) is 2. The van der Waals surface area contributed by atoms with Gasteiger partial charge in [-0.1, -0.05) is 6.42 Å². The third-order valence-corrected chi connectivity index (χ3v) is 2.23. The lowest BCUT2D eigenvalue weighted by Crippen LogP contribution is -2.13. The maximum Gasteiger partial charge on any atom is 0.303 e. The third-order valence-electron chi connectivity index (χ3n) is 2.23. The Kier molecular flexibility index (Phi) is 5.19. The van der Waals surface area contributed by atoms with E-state index >= 15 is 0 Å². The predicted octanol–water partition coefficient (Wildman–Crippen LogP) is 1.14. The first-order chi connectivity index (χ1) is 8.08. The summed E-state index contributed by atoms with van der Waals surface area (Å²) in [6.45, 7) is 2.43. The summed E-state index contributed by atoms with van der Waals surface area (Å²) in [5.74, 6) is -0.295. The molecule has 0 saturated heterocycles. The van der Waals surface area contributed by atoms with Crippen molar-refractivity contribution in [3.05, 3.63) is 22.1 Å². The van der Waals surface area contributed by atoms with Gasteiger partial charge in [0.2, 0.25) is 5.95 Å². The van der Waals surface area contributed by atoms with Crippen molar-refractivity contribution < 1.29 is 9.90 Å². The van der Waals surface area contributed by atoms with E-state index in [4.69, 9.17) is 5.11 Å². The second-order valence-electron chi connectivity index (χ2n) is 3.87. The van der Waals surface area contributed by atoms with Crippen LogP contribution in [0.25, 0.3) is 0 Å². The van der Waals surface area contributed by atoms with Gasteiger partial charge in [-0.2, -0.15) is 0 Å². The van der Waals surface area contributed by atoms with E-state index in [0.29, 0.717) is 24.6 Å². The molecule has 1 aromatic heterocycles. The van der Waals surface area contributed by atoms with Gasteiger partial charge in [-0.3, -0.25) is 14.6 Å². The lowest BCUT2D eigenvalue weighted by Gasteiger charge is -2.05. The monoisotopic (exact) mass is 239 g/mol. The van der Waals surface area contributed by atoms with E-state index in [1.807, 2.05) is 0 Å². The lowest BCUT2D eigenvalue weighted by molar-refractivity contribution is -0.137. The second-order valence-corrected chi connectivity index (χ2v) is 3.87. The summed E-state index contributed by atoms with van der Waals surface area (Å²) >= 11 is 0. The van der Waals surface area contributed by atoms with Crippen molar-refractivity contribution in [2.24, 2.45) is 0 Å². The van der Waals surface area contributed by atoms with E-state index < -0.39 is 5.97 Å². The van der Waals surface area contributed by atoms with E-state index in [0.717, 1.165) is 12.8 Å². The Morgan fingerprint density at radius 1 is 1.47 bits per heavy atom. The Morgan fingerprint density at radius 2 is 2.24 bits per heavy atom. The Balaban J connectivity index is 2.22. The highest BCUT2D eigenvalue weighted by Gasteiger charge is 1.98. The van der Waals surface area contributed by atoms with Crippen molar-refractivity contribution in [3.63, 3.8) is 0 Å². The molecule has 6 nitrogen and oxygen atoms in total. The standard InChI is InChI=1S/C11H17N3O3/c1-8-7-9(15)14-11(13-8)12-6-4-2-3-5-10(16)17/h7H,2-6H2,1H3,(H,16,17)(H2,12,13,14,15). The molecule has 0 fully saturated rings. The number of H-pyrrole nitrogens is 1. The number of hydrogen-bond donors (Lipinski definition) is 3. The van der Waals surface area contributed by atoms with Crippen LogP contribution < -0.4 is 10.9 Å². The first kappa shape index (κ1) is 13.2. The molecule has 6 heteroatoms. The van der Waals surface area contributed by atoms with Crippen molar-refractivity contribution >= 4 is 11.9 Å². The average molecular weight is 239 g/mol. The van der Waals surface area contributed by atoms with Crippen molar-refractivity contribution in [1.82, 2.24) is 9.97 Å². The summed E-state index contributed by atoms with van der Waals surface area (Å²) in [5.41, 5.74) is 0.494. The molecule has 3 N–H and O–H groups in total. The zero-order valence-electron chi connectivity index (χ0n) is 9.82. The van der Waals surface area contributed by atoms with Crippen LogP contribution in [0.5, 0.6) is 0 Å². The molecule has 0 aliphatic carbocycles. The topological polar surface area (TPSA) is 95.1 Å². The summed E-state index contributed by atoms with van der Waals surface area (Å²) in [6, 6.07) is 1.43. The van der Waals surface area contributed by atoms with Gasteiger partial charge < -0.3 is 10.4 Å². The van der Waals surface area contributed by atoms with Crippen molar-refractivity contribution in [2.45, 2.75) is 32.6 Å². The first-order valence-electron chi connectivity index (χ1n) is 5.61. The molecule has 0 aromatic carbocycles. The van der Waals surface area contributed by atoms with Crippen molar-refractivity contribution in [1.29, 1.82) is 0 Å². The fraction of sp³-hybridized carbons (Fsp3) is 0.545. The van der Waals surface area contributed by atoms with Gasteiger partial charge in [0, 0.05) is 24.7 Å². The van der Waals surface area contributed by atoms with Gasteiger partial charge in [0.1, 0.15) is 0 Å². The highest BCUT2D eigenvalue weighted by atomic mass is 16.4. The number of nitrogens with zero attached hydrogens (tertiary/aromatic N) is 1. The first-order valence-corrected chi connectivity index (χ1v) is 5.61. The molecule has 1 aromatic rings. The van der Waals surface area contributed by atoms with Gasteiger partial charge in [-0.05, 0) is 19.8 Å². The van der Waals surface area contributed by atoms with Gasteiger partial charge in [0.15, 0.2) is 0 Å². The predicted molar refractivity (Wildman–Crippen MR) is 64.2 cm³/mol. The molecule has 94 valence electrons. The minimum absolute atomic E-state index is 0.175. The minimum atomic E-state index is -0.761. The summed E-state index contributed by atoms with van der Waals surface area (Å²) in [5, 5.41) is 11.4. The lowest BCUT2D eigenvalue weighted by atomic mass is 10.2. The van der Waals surface area contributed by atoms with E-state index in [9.17, 15) is 9.59 Å². The van der Waals surface area contributed by atoms with E-state index in [1.54, 1.807) is 6.92 Å². The van der Waals surface area contributed by atoms with Crippen LogP contribution >= 0.6 is 0 Å². The van der Waals surface area contributed by atoms with E-state index in [1.165, 1.54) is 6.07 Å². The van der Waals surface area contributed by atoms with Crippen LogP contribution in [0.3, 0.4) is 0 Å². The van der Waals surface area contributed by atoms with Crippen LogP contribution in [-0.2, 0) is 4.79 Å². The minimum Gasteiger partial charge on any atom is -0.481 e.